The van der Waals surface area contributed by atoms with Crippen molar-refractivity contribution < 1.29 is 14.3 Å². The van der Waals surface area contributed by atoms with Crippen LogP contribution in [0.2, 0.25) is 0 Å². The molecular formula is C15H18O3. The van der Waals surface area contributed by atoms with Crippen LogP contribution < -0.4 is 0 Å². The molecule has 0 radical (unpaired) electrons. The topological polar surface area (TPSA) is 43.4 Å². The van der Waals surface area contributed by atoms with Gasteiger partial charge in [-0.2, -0.15) is 0 Å². The lowest BCUT2D eigenvalue weighted by Gasteiger charge is -2.12. The number of rotatable bonds is 7. The van der Waals surface area contributed by atoms with E-state index in [9.17, 15) is 9.59 Å². The van der Waals surface area contributed by atoms with E-state index in [2.05, 4.69) is 6.58 Å². The van der Waals surface area contributed by atoms with Gasteiger partial charge in [0, 0.05) is 6.42 Å². The van der Waals surface area contributed by atoms with E-state index in [0.717, 1.165) is 5.56 Å². The van der Waals surface area contributed by atoms with Crippen LogP contribution >= 0.6 is 0 Å². The van der Waals surface area contributed by atoms with Gasteiger partial charge in [0.05, 0.1) is 6.61 Å². The molecule has 0 fully saturated rings. The number of Topliss-reactive ketones (excluding diaryl/α,β-unsaturated/α-hetero) is 1. The second-order valence-electron chi connectivity index (χ2n) is 3.96. The molecule has 0 spiro atoms. The van der Waals surface area contributed by atoms with Crippen molar-refractivity contribution in [3.05, 3.63) is 48.6 Å². The average molecular weight is 246 g/mol. The number of benzene rings is 1. The third kappa shape index (κ3) is 4.17. The highest BCUT2D eigenvalue weighted by atomic mass is 16.5. The number of esters is 1. The van der Waals surface area contributed by atoms with Crippen LogP contribution in [0, 0.1) is 5.92 Å². The second kappa shape index (κ2) is 7.43. The summed E-state index contributed by atoms with van der Waals surface area (Å²) in [5, 5.41) is 0. The minimum absolute atomic E-state index is 0.125. The van der Waals surface area contributed by atoms with Crippen LogP contribution in [-0.2, 0) is 20.7 Å². The summed E-state index contributed by atoms with van der Waals surface area (Å²) in [7, 11) is 0. The van der Waals surface area contributed by atoms with Crippen LogP contribution in [-0.4, -0.2) is 18.4 Å². The Morgan fingerprint density at radius 3 is 2.56 bits per heavy atom. The standard InChI is InChI=1S/C15H18O3/c1-3-8-13(15(17)18-4-2)14(16)11-12-9-6-5-7-10-12/h3,5-7,9-10,13H,1,4,8,11H2,2H3. The van der Waals surface area contributed by atoms with E-state index < -0.39 is 11.9 Å². The van der Waals surface area contributed by atoms with Crippen molar-refractivity contribution in [3.8, 4) is 0 Å². The van der Waals surface area contributed by atoms with Crippen molar-refractivity contribution in [2.24, 2.45) is 5.92 Å². The lowest BCUT2D eigenvalue weighted by Crippen LogP contribution is -2.27. The number of ketones is 1. The highest BCUT2D eigenvalue weighted by Gasteiger charge is 2.26. The third-order valence-corrected chi connectivity index (χ3v) is 2.58. The molecular weight excluding hydrogens is 228 g/mol. The maximum absolute atomic E-state index is 12.1. The summed E-state index contributed by atoms with van der Waals surface area (Å²) in [6, 6.07) is 9.37. The van der Waals surface area contributed by atoms with Crippen molar-refractivity contribution in [1.29, 1.82) is 0 Å². The molecule has 1 aromatic carbocycles. The molecule has 0 heterocycles. The smallest absolute Gasteiger partial charge is 0.316 e. The van der Waals surface area contributed by atoms with Crippen molar-refractivity contribution in [2.45, 2.75) is 19.8 Å². The van der Waals surface area contributed by atoms with E-state index in [1.165, 1.54) is 0 Å². The molecule has 0 bridgehead atoms. The molecule has 1 rings (SSSR count). The highest BCUT2D eigenvalue weighted by Crippen LogP contribution is 2.12. The zero-order valence-electron chi connectivity index (χ0n) is 10.6. The number of ether oxygens (including phenoxy) is 1. The van der Waals surface area contributed by atoms with Gasteiger partial charge in [-0.25, -0.2) is 0 Å². The number of allylic oxidation sites excluding steroid dienone is 1. The Kier molecular flexibility index (Phi) is 5.85. The molecule has 0 amide bonds. The molecule has 1 unspecified atom stereocenters. The first-order valence-corrected chi connectivity index (χ1v) is 6.03. The van der Waals surface area contributed by atoms with Gasteiger partial charge in [0.2, 0.25) is 0 Å². The van der Waals surface area contributed by atoms with E-state index in [-0.39, 0.29) is 18.8 Å². The quantitative estimate of drug-likeness (QED) is 0.422. The van der Waals surface area contributed by atoms with E-state index >= 15 is 0 Å². The molecule has 0 saturated heterocycles. The van der Waals surface area contributed by atoms with Crippen LogP contribution in [0.3, 0.4) is 0 Å². The maximum Gasteiger partial charge on any atom is 0.316 e. The normalized spacial score (nSPS) is 11.6. The molecule has 18 heavy (non-hydrogen) atoms. The van der Waals surface area contributed by atoms with E-state index in [4.69, 9.17) is 4.74 Å². The Morgan fingerprint density at radius 2 is 2.00 bits per heavy atom. The predicted molar refractivity (Wildman–Crippen MR) is 70.1 cm³/mol. The van der Waals surface area contributed by atoms with E-state index in [0.29, 0.717) is 6.42 Å². The maximum atomic E-state index is 12.1. The molecule has 0 aliphatic rings. The van der Waals surface area contributed by atoms with Gasteiger partial charge in [-0.3, -0.25) is 9.59 Å². The first kappa shape index (κ1) is 14.2. The number of carbonyl (C=O) groups excluding carboxylic acids is 2. The summed E-state index contributed by atoms with van der Waals surface area (Å²) in [4.78, 5) is 23.7. The van der Waals surface area contributed by atoms with Crippen LogP contribution in [0.1, 0.15) is 18.9 Å². The number of hydrogen-bond acceptors (Lipinski definition) is 3. The summed E-state index contributed by atoms with van der Waals surface area (Å²) in [6.07, 6.45) is 2.15. The molecule has 1 atom stereocenters. The monoisotopic (exact) mass is 246 g/mol. The fraction of sp³-hybridized carbons (Fsp3) is 0.333. The Hall–Kier alpha value is -1.90. The van der Waals surface area contributed by atoms with Gasteiger partial charge < -0.3 is 4.74 Å². The lowest BCUT2D eigenvalue weighted by atomic mass is 9.95. The van der Waals surface area contributed by atoms with E-state index in [1.807, 2.05) is 30.3 Å². The Bertz CT molecular complexity index is 409. The molecule has 3 nitrogen and oxygen atoms in total. The molecule has 0 aromatic heterocycles. The lowest BCUT2D eigenvalue weighted by molar-refractivity contribution is -0.151. The first-order valence-electron chi connectivity index (χ1n) is 6.03. The van der Waals surface area contributed by atoms with Gasteiger partial charge >= 0.3 is 5.97 Å². The minimum Gasteiger partial charge on any atom is -0.465 e. The van der Waals surface area contributed by atoms with Gasteiger partial charge in [0.25, 0.3) is 0 Å². The molecule has 0 aliphatic heterocycles. The zero-order chi connectivity index (χ0) is 13.4. The molecule has 0 N–H and O–H groups in total. The van der Waals surface area contributed by atoms with Crippen molar-refractivity contribution in [1.82, 2.24) is 0 Å². The Labute approximate surface area is 107 Å². The molecule has 3 heteroatoms. The molecule has 0 saturated carbocycles. The second-order valence-corrected chi connectivity index (χ2v) is 3.96. The number of carbonyl (C=O) groups is 2. The minimum atomic E-state index is -0.734. The predicted octanol–water partition coefficient (Wildman–Crippen LogP) is 2.55. The third-order valence-electron chi connectivity index (χ3n) is 2.58. The summed E-state index contributed by atoms with van der Waals surface area (Å²) in [5.41, 5.74) is 0.904. The van der Waals surface area contributed by atoms with Gasteiger partial charge in [0.15, 0.2) is 5.78 Å². The fourth-order valence-corrected chi connectivity index (χ4v) is 1.69. The van der Waals surface area contributed by atoms with Gasteiger partial charge in [-0.05, 0) is 18.9 Å². The first-order chi connectivity index (χ1) is 8.69. The van der Waals surface area contributed by atoms with Crippen LogP contribution in [0.5, 0.6) is 0 Å². The van der Waals surface area contributed by atoms with Gasteiger partial charge in [-0.1, -0.05) is 36.4 Å². The van der Waals surface area contributed by atoms with Crippen molar-refractivity contribution >= 4 is 11.8 Å². The van der Waals surface area contributed by atoms with Crippen molar-refractivity contribution in [2.75, 3.05) is 6.61 Å². The Balaban J connectivity index is 2.71. The summed E-state index contributed by atoms with van der Waals surface area (Å²) in [5.74, 6) is -1.32. The highest BCUT2D eigenvalue weighted by molar-refractivity contribution is 6.00. The van der Waals surface area contributed by atoms with Crippen LogP contribution in [0.4, 0.5) is 0 Å². The van der Waals surface area contributed by atoms with Gasteiger partial charge in [0.1, 0.15) is 5.92 Å². The molecule has 1 aromatic rings. The summed E-state index contributed by atoms with van der Waals surface area (Å²) >= 11 is 0. The summed E-state index contributed by atoms with van der Waals surface area (Å²) < 4.78 is 4.91. The van der Waals surface area contributed by atoms with Crippen LogP contribution in [0.25, 0.3) is 0 Å². The average Bonchev–Trinajstić information content (AvgIpc) is 2.37. The zero-order valence-corrected chi connectivity index (χ0v) is 10.6. The van der Waals surface area contributed by atoms with E-state index in [1.54, 1.807) is 13.0 Å². The molecule has 96 valence electrons. The Morgan fingerprint density at radius 1 is 1.33 bits per heavy atom. The number of hydrogen-bond donors (Lipinski definition) is 0. The van der Waals surface area contributed by atoms with Crippen LogP contribution in [0.15, 0.2) is 43.0 Å². The summed E-state index contributed by atoms with van der Waals surface area (Å²) in [6.45, 7) is 5.58. The SMILES string of the molecule is C=CCC(C(=O)Cc1ccccc1)C(=O)OCC. The fourth-order valence-electron chi connectivity index (χ4n) is 1.69. The largest absolute Gasteiger partial charge is 0.465 e. The van der Waals surface area contributed by atoms with Gasteiger partial charge in [-0.15, -0.1) is 6.58 Å². The van der Waals surface area contributed by atoms with Crippen molar-refractivity contribution in [3.63, 3.8) is 0 Å². The molecule has 0 aliphatic carbocycles.